The van der Waals surface area contributed by atoms with Crippen molar-refractivity contribution >= 4 is 27.5 Å². The summed E-state index contributed by atoms with van der Waals surface area (Å²) in [5.74, 6) is 0.368. The Labute approximate surface area is 259 Å². The Balaban J connectivity index is 1.55. The Hall–Kier alpha value is -3.23. The molecule has 0 spiro atoms. The highest BCUT2D eigenvalue weighted by molar-refractivity contribution is 7.89. The topological polar surface area (TPSA) is 138 Å². The number of hydrogen-bond acceptors (Lipinski definition) is 9. The quantitative estimate of drug-likeness (QED) is 0.380. The van der Waals surface area contributed by atoms with Crippen molar-refractivity contribution in [3.63, 3.8) is 0 Å². The molecule has 1 saturated heterocycles. The molecule has 3 atom stereocenters. The number of aliphatic hydroxyl groups excluding tert-OH is 1. The fourth-order valence-corrected chi connectivity index (χ4v) is 6.50. The van der Waals surface area contributed by atoms with Crippen LogP contribution >= 0.6 is 0 Å². The Bertz CT molecular complexity index is 1380. The molecule has 1 fully saturated rings. The lowest BCUT2D eigenvalue weighted by Gasteiger charge is -2.33. The molecule has 2 aliphatic heterocycles. The Morgan fingerprint density at radius 3 is 2.55 bits per heavy atom. The molecule has 44 heavy (non-hydrogen) atoms. The molecule has 0 bridgehead atoms. The summed E-state index contributed by atoms with van der Waals surface area (Å²) >= 11 is 0. The van der Waals surface area contributed by atoms with E-state index in [9.17, 15) is 23.1 Å². The van der Waals surface area contributed by atoms with Crippen LogP contribution in [0.15, 0.2) is 47.4 Å². The number of morpholine rings is 1. The second-order valence-corrected chi connectivity index (χ2v) is 13.5. The number of nitrogens with zero attached hydrogens (tertiary/aromatic N) is 3. The number of methoxy groups -OCH3 is 1. The third-order valence-electron chi connectivity index (χ3n) is 8.16. The third kappa shape index (κ3) is 8.48. The maximum Gasteiger partial charge on any atom is 0.242 e. The second-order valence-electron chi connectivity index (χ2n) is 11.4. The van der Waals surface area contributed by atoms with E-state index >= 15 is 0 Å². The summed E-state index contributed by atoms with van der Waals surface area (Å²) in [6.07, 6.45) is -0.306. The number of rotatable bonds is 11. The van der Waals surface area contributed by atoms with E-state index < -0.39 is 22.2 Å². The number of likely N-dealkylation sites (N-methyl/N-ethyl adjacent to an activating group) is 1. The maximum atomic E-state index is 13.5. The van der Waals surface area contributed by atoms with E-state index in [-0.39, 0.29) is 48.7 Å². The predicted molar refractivity (Wildman–Crippen MR) is 165 cm³/mol. The molecular formula is C31H44N4O8S. The fraction of sp³-hybridized carbons (Fsp3) is 0.548. The molecule has 0 radical (unpaired) electrons. The largest absolute Gasteiger partial charge is 0.497 e. The molecule has 13 heteroatoms. The first-order valence-corrected chi connectivity index (χ1v) is 16.4. The van der Waals surface area contributed by atoms with Gasteiger partial charge in [-0.25, -0.2) is 8.42 Å². The standard InChI is InChI=1S/C31H44N4O8S/c1-22-19-35(23(2)21-36)31(38)18-24-17-25(32-30(37)11-12-34-13-15-42-16-14-34)5-10-28(24)43-29(22)20-33(3)44(39,40)27-8-6-26(41-4)7-9-27/h5-10,17,22-23,29,36H,11-16,18-21H2,1-4H3,(H,32,37)/t22-,23+,29+/m0/s1. The van der Waals surface area contributed by atoms with Gasteiger partial charge in [0.25, 0.3) is 0 Å². The van der Waals surface area contributed by atoms with Crippen molar-refractivity contribution < 1.29 is 37.3 Å². The first-order chi connectivity index (χ1) is 21.0. The number of carbonyl (C=O) groups excluding carboxylic acids is 2. The summed E-state index contributed by atoms with van der Waals surface area (Å²) in [5, 5.41) is 12.8. The van der Waals surface area contributed by atoms with Crippen LogP contribution in [-0.4, -0.2) is 118 Å². The monoisotopic (exact) mass is 632 g/mol. The first-order valence-electron chi connectivity index (χ1n) is 14.9. The van der Waals surface area contributed by atoms with Gasteiger partial charge in [0.1, 0.15) is 17.6 Å². The zero-order valence-corrected chi connectivity index (χ0v) is 26.7. The number of sulfonamides is 1. The van der Waals surface area contributed by atoms with Gasteiger partial charge in [0.05, 0.1) is 50.8 Å². The van der Waals surface area contributed by atoms with Gasteiger partial charge in [-0.05, 0) is 49.4 Å². The number of aliphatic hydroxyl groups is 1. The Kier molecular flexibility index (Phi) is 11.6. The van der Waals surface area contributed by atoms with Gasteiger partial charge in [-0.3, -0.25) is 14.5 Å². The van der Waals surface area contributed by atoms with Gasteiger partial charge in [0, 0.05) is 56.8 Å². The van der Waals surface area contributed by atoms with E-state index in [2.05, 4.69) is 10.2 Å². The van der Waals surface area contributed by atoms with Crippen molar-refractivity contribution in [3.8, 4) is 11.5 Å². The zero-order valence-electron chi connectivity index (χ0n) is 25.9. The van der Waals surface area contributed by atoms with Crippen molar-refractivity contribution in [2.75, 3.05) is 72.0 Å². The van der Waals surface area contributed by atoms with E-state index in [0.717, 1.165) is 13.1 Å². The minimum Gasteiger partial charge on any atom is -0.497 e. The highest BCUT2D eigenvalue weighted by Crippen LogP contribution is 2.30. The summed E-state index contributed by atoms with van der Waals surface area (Å²) in [5.41, 5.74) is 1.10. The highest BCUT2D eigenvalue weighted by Gasteiger charge is 2.33. The molecule has 2 aromatic rings. The van der Waals surface area contributed by atoms with Crippen molar-refractivity contribution in [1.82, 2.24) is 14.1 Å². The minimum absolute atomic E-state index is 0.00339. The van der Waals surface area contributed by atoms with Crippen LogP contribution in [0.2, 0.25) is 0 Å². The van der Waals surface area contributed by atoms with E-state index in [1.54, 1.807) is 42.2 Å². The summed E-state index contributed by atoms with van der Waals surface area (Å²) in [6, 6.07) is 10.9. The maximum absolute atomic E-state index is 13.5. The van der Waals surface area contributed by atoms with Crippen LogP contribution in [0.3, 0.4) is 0 Å². The SMILES string of the molecule is COc1ccc(S(=O)(=O)N(C)C[C@H]2Oc3ccc(NC(=O)CCN4CCOCC4)cc3CC(=O)N([C@H](C)CO)C[C@@H]2C)cc1. The number of fused-ring (bicyclic) bond motifs is 1. The first kappa shape index (κ1) is 33.7. The smallest absolute Gasteiger partial charge is 0.242 e. The summed E-state index contributed by atoms with van der Waals surface area (Å²) in [6.45, 7) is 7.27. The van der Waals surface area contributed by atoms with Crippen LogP contribution < -0.4 is 14.8 Å². The van der Waals surface area contributed by atoms with E-state index in [1.165, 1.54) is 30.6 Å². The van der Waals surface area contributed by atoms with Gasteiger partial charge in [-0.2, -0.15) is 4.31 Å². The van der Waals surface area contributed by atoms with Crippen LogP contribution in [0.5, 0.6) is 11.5 Å². The van der Waals surface area contributed by atoms with Crippen LogP contribution in [0, 0.1) is 5.92 Å². The molecule has 2 heterocycles. The lowest BCUT2D eigenvalue weighted by atomic mass is 10.0. The lowest BCUT2D eigenvalue weighted by Crippen LogP contribution is -2.48. The van der Waals surface area contributed by atoms with Gasteiger partial charge in [-0.1, -0.05) is 6.92 Å². The molecule has 0 aromatic heterocycles. The molecule has 12 nitrogen and oxygen atoms in total. The summed E-state index contributed by atoms with van der Waals surface area (Å²) < 4.78 is 45.1. The number of carbonyl (C=O) groups is 2. The Morgan fingerprint density at radius 1 is 1.18 bits per heavy atom. The molecule has 242 valence electrons. The number of amides is 2. The lowest BCUT2D eigenvalue weighted by molar-refractivity contribution is -0.134. The zero-order chi connectivity index (χ0) is 31.9. The number of ether oxygens (including phenoxy) is 3. The minimum atomic E-state index is -3.85. The fourth-order valence-electron chi connectivity index (χ4n) is 5.31. The van der Waals surface area contributed by atoms with Gasteiger partial charge < -0.3 is 29.5 Å². The summed E-state index contributed by atoms with van der Waals surface area (Å²) in [4.78, 5) is 30.2. The second kappa shape index (κ2) is 15.2. The predicted octanol–water partition coefficient (Wildman–Crippen LogP) is 1.83. The van der Waals surface area contributed by atoms with Crippen LogP contribution in [0.25, 0.3) is 0 Å². The van der Waals surface area contributed by atoms with Gasteiger partial charge in [0.2, 0.25) is 21.8 Å². The highest BCUT2D eigenvalue weighted by atomic mass is 32.2. The number of hydrogen-bond donors (Lipinski definition) is 2. The van der Waals surface area contributed by atoms with Crippen LogP contribution in [0.1, 0.15) is 25.8 Å². The van der Waals surface area contributed by atoms with E-state index in [0.29, 0.717) is 48.9 Å². The molecule has 2 amide bonds. The number of anilines is 1. The average molecular weight is 633 g/mol. The van der Waals surface area contributed by atoms with Gasteiger partial charge >= 0.3 is 0 Å². The number of nitrogens with one attached hydrogen (secondary N) is 1. The summed E-state index contributed by atoms with van der Waals surface area (Å²) in [7, 11) is -0.844. The molecule has 0 aliphatic carbocycles. The van der Waals surface area contributed by atoms with Crippen LogP contribution in [0.4, 0.5) is 5.69 Å². The third-order valence-corrected chi connectivity index (χ3v) is 10.0. The Morgan fingerprint density at radius 2 is 1.89 bits per heavy atom. The van der Waals surface area contributed by atoms with Crippen molar-refractivity contribution in [1.29, 1.82) is 0 Å². The molecule has 0 saturated carbocycles. The molecular weight excluding hydrogens is 588 g/mol. The molecule has 2 aromatic carbocycles. The van der Waals surface area contributed by atoms with E-state index in [4.69, 9.17) is 14.2 Å². The molecule has 2 N–H and O–H groups in total. The van der Waals surface area contributed by atoms with Gasteiger partial charge in [0.15, 0.2) is 0 Å². The van der Waals surface area contributed by atoms with Crippen molar-refractivity contribution in [3.05, 3.63) is 48.0 Å². The molecule has 0 unspecified atom stereocenters. The normalized spacial score (nSPS) is 20.6. The average Bonchev–Trinajstić information content (AvgIpc) is 3.07. The molecule has 2 aliphatic rings. The van der Waals surface area contributed by atoms with Crippen molar-refractivity contribution in [2.24, 2.45) is 5.92 Å². The van der Waals surface area contributed by atoms with Crippen molar-refractivity contribution in [2.45, 2.75) is 43.7 Å². The van der Waals surface area contributed by atoms with Gasteiger partial charge in [-0.15, -0.1) is 0 Å². The van der Waals surface area contributed by atoms with E-state index in [1.807, 2.05) is 6.92 Å². The molecule has 4 rings (SSSR count). The number of benzene rings is 2. The van der Waals surface area contributed by atoms with Crippen LogP contribution in [-0.2, 0) is 30.8 Å².